The van der Waals surface area contributed by atoms with Gasteiger partial charge in [-0.3, -0.25) is 5.10 Å². The maximum absolute atomic E-state index is 5.38. The molecule has 90 valence electrons. The van der Waals surface area contributed by atoms with Gasteiger partial charge in [-0.2, -0.15) is 5.10 Å². The fourth-order valence-electron chi connectivity index (χ4n) is 2.23. The molecule has 1 fully saturated rings. The van der Waals surface area contributed by atoms with E-state index in [9.17, 15) is 0 Å². The number of rotatable bonds is 5. The highest BCUT2D eigenvalue weighted by Gasteiger charge is 2.22. The molecule has 1 aliphatic heterocycles. The highest BCUT2D eigenvalue weighted by molar-refractivity contribution is 4.96. The Balaban J connectivity index is 1.80. The molecule has 5 nitrogen and oxygen atoms in total. The Hall–Kier alpha value is -0.940. The number of ether oxygens (including phenoxy) is 1. The molecule has 0 radical (unpaired) electrons. The summed E-state index contributed by atoms with van der Waals surface area (Å²) in [4.78, 5) is 6.70. The van der Waals surface area contributed by atoms with Gasteiger partial charge >= 0.3 is 0 Å². The first-order valence-electron chi connectivity index (χ1n) is 6.05. The van der Waals surface area contributed by atoms with Crippen molar-refractivity contribution >= 4 is 0 Å². The lowest BCUT2D eigenvalue weighted by Crippen LogP contribution is -2.37. The summed E-state index contributed by atoms with van der Waals surface area (Å²) in [5.41, 5.74) is 0. The summed E-state index contributed by atoms with van der Waals surface area (Å²) in [6, 6.07) is 0. The zero-order valence-corrected chi connectivity index (χ0v) is 9.85. The van der Waals surface area contributed by atoms with E-state index in [-0.39, 0.29) is 0 Å². The molecular weight excluding hydrogens is 204 g/mol. The van der Waals surface area contributed by atoms with Gasteiger partial charge in [0, 0.05) is 25.6 Å². The zero-order chi connectivity index (χ0) is 11.2. The highest BCUT2D eigenvalue weighted by atomic mass is 16.5. The second kappa shape index (κ2) is 5.96. The summed E-state index contributed by atoms with van der Waals surface area (Å²) < 4.78 is 5.38. The van der Waals surface area contributed by atoms with Crippen molar-refractivity contribution in [3.05, 3.63) is 12.2 Å². The van der Waals surface area contributed by atoms with Crippen molar-refractivity contribution in [3.8, 4) is 0 Å². The molecule has 0 saturated carbocycles. The smallest absolute Gasteiger partial charge is 0.137 e. The lowest BCUT2D eigenvalue weighted by atomic mass is 9.97. The maximum atomic E-state index is 5.38. The van der Waals surface area contributed by atoms with E-state index in [1.54, 1.807) is 6.33 Å². The molecule has 16 heavy (non-hydrogen) atoms. The second-order valence-electron chi connectivity index (χ2n) is 4.21. The first-order valence-corrected chi connectivity index (χ1v) is 6.05. The van der Waals surface area contributed by atoms with Crippen LogP contribution in [0.15, 0.2) is 6.33 Å². The summed E-state index contributed by atoms with van der Waals surface area (Å²) in [5.74, 6) is 1.54. The van der Waals surface area contributed by atoms with E-state index in [4.69, 9.17) is 4.74 Å². The number of hydrogen-bond donors (Lipinski definition) is 1. The van der Waals surface area contributed by atoms with Gasteiger partial charge in [-0.15, -0.1) is 0 Å². The zero-order valence-electron chi connectivity index (χ0n) is 9.85. The third kappa shape index (κ3) is 3.02. The number of nitrogens with one attached hydrogen (secondary N) is 1. The lowest BCUT2D eigenvalue weighted by Gasteiger charge is -2.31. The molecule has 2 rings (SSSR count). The van der Waals surface area contributed by atoms with E-state index >= 15 is 0 Å². The molecule has 1 aliphatic rings. The second-order valence-corrected chi connectivity index (χ2v) is 4.21. The van der Waals surface area contributed by atoms with Crippen LogP contribution >= 0.6 is 0 Å². The van der Waals surface area contributed by atoms with Crippen LogP contribution in [0, 0.1) is 0 Å². The van der Waals surface area contributed by atoms with Gasteiger partial charge < -0.3 is 9.64 Å². The van der Waals surface area contributed by atoms with Gasteiger partial charge in [0.25, 0.3) is 0 Å². The molecule has 0 spiro atoms. The van der Waals surface area contributed by atoms with Crippen molar-refractivity contribution in [1.29, 1.82) is 0 Å². The van der Waals surface area contributed by atoms with Crippen molar-refractivity contribution in [3.63, 3.8) is 0 Å². The Morgan fingerprint density at radius 1 is 1.62 bits per heavy atom. The summed E-state index contributed by atoms with van der Waals surface area (Å²) >= 11 is 0. The Morgan fingerprint density at radius 2 is 2.56 bits per heavy atom. The predicted octanol–water partition coefficient (Wildman–Crippen LogP) is 1.02. The van der Waals surface area contributed by atoms with Crippen molar-refractivity contribution in [2.45, 2.75) is 25.7 Å². The molecule has 1 N–H and O–H groups in total. The Kier molecular flexibility index (Phi) is 4.30. The van der Waals surface area contributed by atoms with E-state index in [1.165, 1.54) is 19.4 Å². The average Bonchev–Trinajstić information content (AvgIpc) is 2.83. The largest absolute Gasteiger partial charge is 0.380 e. The fourth-order valence-corrected chi connectivity index (χ4v) is 2.23. The van der Waals surface area contributed by atoms with Crippen LogP contribution in [-0.4, -0.2) is 52.9 Å². The van der Waals surface area contributed by atoms with Gasteiger partial charge in [0.2, 0.25) is 0 Å². The first kappa shape index (κ1) is 11.5. The molecule has 1 atom stereocenters. The highest BCUT2D eigenvalue weighted by Crippen LogP contribution is 2.23. The summed E-state index contributed by atoms with van der Waals surface area (Å²) in [5, 5.41) is 6.89. The molecule has 0 unspecified atom stereocenters. The van der Waals surface area contributed by atoms with Gasteiger partial charge in [0.15, 0.2) is 0 Å². The number of hydrogen-bond acceptors (Lipinski definition) is 4. The molecule has 0 aromatic carbocycles. The number of likely N-dealkylation sites (tertiary alicyclic amines) is 1. The van der Waals surface area contributed by atoms with Crippen LogP contribution in [0.5, 0.6) is 0 Å². The van der Waals surface area contributed by atoms with E-state index in [1.807, 2.05) is 6.92 Å². The van der Waals surface area contributed by atoms with Crippen LogP contribution in [0.2, 0.25) is 0 Å². The summed E-state index contributed by atoms with van der Waals surface area (Å²) in [7, 11) is 0. The fraction of sp³-hybridized carbons (Fsp3) is 0.818. The van der Waals surface area contributed by atoms with Gasteiger partial charge in [0.05, 0.1) is 6.61 Å². The normalized spacial score (nSPS) is 22.4. The topological polar surface area (TPSA) is 54.0 Å². The Bertz CT molecular complexity index is 288. The molecular formula is C11H20N4O. The van der Waals surface area contributed by atoms with Gasteiger partial charge in [-0.1, -0.05) is 0 Å². The third-order valence-electron chi connectivity index (χ3n) is 3.08. The first-order chi connectivity index (χ1) is 7.90. The monoisotopic (exact) mass is 224 g/mol. The van der Waals surface area contributed by atoms with Crippen LogP contribution in [0.4, 0.5) is 0 Å². The van der Waals surface area contributed by atoms with Crippen molar-refractivity contribution in [1.82, 2.24) is 20.1 Å². The molecule has 1 aromatic heterocycles. The lowest BCUT2D eigenvalue weighted by molar-refractivity contribution is 0.0999. The van der Waals surface area contributed by atoms with Crippen molar-refractivity contribution in [2.75, 3.05) is 32.8 Å². The minimum absolute atomic E-state index is 0.512. The van der Waals surface area contributed by atoms with E-state index < -0.39 is 0 Å². The minimum atomic E-state index is 0.512. The van der Waals surface area contributed by atoms with Crippen LogP contribution in [-0.2, 0) is 4.74 Å². The van der Waals surface area contributed by atoms with Crippen LogP contribution in [0.3, 0.4) is 0 Å². The molecule has 0 bridgehead atoms. The summed E-state index contributed by atoms with van der Waals surface area (Å²) in [6.07, 6.45) is 4.03. The number of aromatic nitrogens is 3. The molecule has 0 aliphatic carbocycles. The van der Waals surface area contributed by atoms with E-state index in [0.29, 0.717) is 5.92 Å². The third-order valence-corrected chi connectivity index (χ3v) is 3.08. The number of aromatic amines is 1. The molecule has 0 amide bonds. The number of H-pyrrole nitrogens is 1. The van der Waals surface area contributed by atoms with Crippen LogP contribution in [0.1, 0.15) is 31.5 Å². The predicted molar refractivity (Wildman–Crippen MR) is 61.3 cm³/mol. The van der Waals surface area contributed by atoms with Crippen LogP contribution in [0.25, 0.3) is 0 Å². The van der Waals surface area contributed by atoms with Crippen molar-refractivity contribution in [2.24, 2.45) is 0 Å². The van der Waals surface area contributed by atoms with Gasteiger partial charge in [-0.25, -0.2) is 4.98 Å². The Labute approximate surface area is 96.2 Å². The SMILES string of the molecule is CCOCCN1CCC[C@H](c2ncn[nH]2)C1. The van der Waals surface area contributed by atoms with Crippen molar-refractivity contribution < 1.29 is 4.74 Å². The van der Waals surface area contributed by atoms with E-state index in [2.05, 4.69) is 20.1 Å². The van der Waals surface area contributed by atoms with E-state index in [0.717, 1.165) is 32.1 Å². The quantitative estimate of drug-likeness (QED) is 0.759. The van der Waals surface area contributed by atoms with Gasteiger partial charge in [-0.05, 0) is 26.3 Å². The number of piperidine rings is 1. The molecule has 2 heterocycles. The maximum Gasteiger partial charge on any atom is 0.137 e. The van der Waals surface area contributed by atoms with Crippen LogP contribution < -0.4 is 0 Å². The van der Waals surface area contributed by atoms with Gasteiger partial charge in [0.1, 0.15) is 12.2 Å². The average molecular weight is 224 g/mol. The standard InChI is InChI=1S/C11H20N4O/c1-2-16-7-6-15-5-3-4-10(8-15)11-12-9-13-14-11/h9-10H,2-8H2,1H3,(H,12,13,14)/t10-/m0/s1. The molecule has 1 aromatic rings. The molecule has 1 saturated heterocycles. The molecule has 5 heteroatoms. The minimum Gasteiger partial charge on any atom is -0.380 e. The number of nitrogens with zero attached hydrogens (tertiary/aromatic N) is 3. The summed E-state index contributed by atoms with van der Waals surface area (Å²) in [6.45, 7) is 6.95. The Morgan fingerprint density at radius 3 is 3.31 bits per heavy atom.